The van der Waals surface area contributed by atoms with Crippen molar-refractivity contribution in [1.29, 1.82) is 0 Å². The molecule has 0 N–H and O–H groups in total. The van der Waals surface area contributed by atoms with Gasteiger partial charge >= 0.3 is 14.8 Å². The summed E-state index contributed by atoms with van der Waals surface area (Å²) in [6.45, 7) is -0.0808. The monoisotopic (exact) mass is 263 g/mol. The van der Waals surface area contributed by atoms with Gasteiger partial charge in [0.1, 0.15) is 6.54 Å². The lowest BCUT2D eigenvalue weighted by Gasteiger charge is -2.24. The second kappa shape index (κ2) is 8.96. The van der Waals surface area contributed by atoms with Crippen LogP contribution in [0.25, 0.3) is 10.4 Å². The largest absolute Gasteiger partial charge is 0.500 e. The molecule has 0 amide bonds. The molecule has 0 spiro atoms. The van der Waals surface area contributed by atoms with Crippen molar-refractivity contribution < 1.29 is 22.8 Å². The minimum Gasteiger partial charge on any atom is -0.466 e. The number of carbonyl (C=O) groups excluding carboxylic acids is 1. The van der Waals surface area contributed by atoms with Gasteiger partial charge in [-0.2, -0.15) is 0 Å². The van der Waals surface area contributed by atoms with Gasteiger partial charge in [-0.1, -0.05) is 5.11 Å². The Balaban J connectivity index is 3.82. The first-order chi connectivity index (χ1) is 8.14. The molecule has 0 saturated heterocycles. The molecule has 0 radical (unpaired) electrons. The molecule has 8 nitrogen and oxygen atoms in total. The third-order valence-electron chi connectivity index (χ3n) is 2.09. The molecule has 0 aromatic heterocycles. The Morgan fingerprint density at radius 3 is 2.35 bits per heavy atom. The minimum atomic E-state index is -2.59. The van der Waals surface area contributed by atoms with Crippen LogP contribution in [0.3, 0.4) is 0 Å². The molecule has 0 aliphatic carbocycles. The first-order valence-corrected chi connectivity index (χ1v) is 6.89. The molecule has 17 heavy (non-hydrogen) atoms. The summed E-state index contributed by atoms with van der Waals surface area (Å²) in [7, 11) is 1.97. The number of ether oxygens (including phenoxy) is 1. The molecule has 0 aromatic rings. The maximum Gasteiger partial charge on any atom is 0.500 e. The van der Waals surface area contributed by atoms with E-state index < -0.39 is 14.8 Å². The molecule has 9 heteroatoms. The van der Waals surface area contributed by atoms with E-state index in [1.165, 1.54) is 21.3 Å². The summed E-state index contributed by atoms with van der Waals surface area (Å²) in [5.41, 5.74) is 8.00. The van der Waals surface area contributed by atoms with Gasteiger partial charge in [0.25, 0.3) is 0 Å². The van der Waals surface area contributed by atoms with E-state index in [0.29, 0.717) is 12.5 Å². The molecule has 0 aromatic carbocycles. The average molecular weight is 263 g/mol. The number of esters is 1. The van der Waals surface area contributed by atoms with Gasteiger partial charge in [0, 0.05) is 32.3 Å². The standard InChI is InChI=1S/C8H17N3O5Si/c1-13-17(14-2,15-3)6-4-5-16-8(12)7-10-11-9/h4-7H2,1-3H3. The number of hydrogen-bond donors (Lipinski definition) is 0. The van der Waals surface area contributed by atoms with Crippen LogP contribution in [0.15, 0.2) is 5.11 Å². The molecular weight excluding hydrogens is 246 g/mol. The van der Waals surface area contributed by atoms with Crippen molar-refractivity contribution >= 4 is 14.8 Å². The zero-order valence-corrected chi connectivity index (χ0v) is 11.2. The molecule has 0 unspecified atom stereocenters. The first kappa shape index (κ1) is 15.9. The molecule has 0 atom stereocenters. The van der Waals surface area contributed by atoms with Gasteiger partial charge in [-0.3, -0.25) is 4.79 Å². The number of hydrogen-bond acceptors (Lipinski definition) is 6. The summed E-state index contributed by atoms with van der Waals surface area (Å²) in [6, 6.07) is 0.547. The van der Waals surface area contributed by atoms with E-state index in [0.717, 1.165) is 0 Å². The van der Waals surface area contributed by atoms with Gasteiger partial charge in [-0.15, -0.1) is 0 Å². The molecular formula is C8H17N3O5Si. The van der Waals surface area contributed by atoms with Crippen LogP contribution in [0.2, 0.25) is 6.04 Å². The second-order valence-electron chi connectivity index (χ2n) is 3.01. The second-order valence-corrected chi connectivity index (χ2v) is 6.10. The SMILES string of the molecule is CO[Si](CCCOC(=O)CN=[N+]=[N-])(OC)OC. The number of rotatable bonds is 9. The van der Waals surface area contributed by atoms with E-state index in [2.05, 4.69) is 10.0 Å². The van der Waals surface area contributed by atoms with Crippen molar-refractivity contribution in [2.75, 3.05) is 34.5 Å². The van der Waals surface area contributed by atoms with Crippen LogP contribution in [0, 0.1) is 0 Å². The Kier molecular flexibility index (Phi) is 8.37. The van der Waals surface area contributed by atoms with Crippen molar-refractivity contribution in [1.82, 2.24) is 0 Å². The van der Waals surface area contributed by atoms with E-state index in [4.69, 9.17) is 23.5 Å². The highest BCUT2D eigenvalue weighted by Gasteiger charge is 2.36. The predicted molar refractivity (Wildman–Crippen MR) is 61.2 cm³/mol. The topological polar surface area (TPSA) is 103 Å². The fourth-order valence-corrected chi connectivity index (χ4v) is 2.86. The predicted octanol–water partition coefficient (Wildman–Crippen LogP) is 1.11. The number of carbonyl (C=O) groups is 1. The third kappa shape index (κ3) is 6.24. The van der Waals surface area contributed by atoms with E-state index >= 15 is 0 Å². The number of azide groups is 1. The molecule has 0 saturated carbocycles. The fraction of sp³-hybridized carbons (Fsp3) is 0.875. The van der Waals surface area contributed by atoms with Gasteiger partial charge in [0.05, 0.1) is 6.61 Å². The highest BCUT2D eigenvalue weighted by molar-refractivity contribution is 6.60. The van der Waals surface area contributed by atoms with Crippen LogP contribution in [-0.2, 0) is 22.8 Å². The molecule has 0 aliphatic rings. The lowest BCUT2D eigenvalue weighted by Crippen LogP contribution is -2.42. The van der Waals surface area contributed by atoms with Gasteiger partial charge in [-0.25, -0.2) is 0 Å². The minimum absolute atomic E-state index is 0.213. The summed E-state index contributed by atoms with van der Waals surface area (Å²) in [4.78, 5) is 13.4. The van der Waals surface area contributed by atoms with Gasteiger partial charge < -0.3 is 18.0 Å². The highest BCUT2D eigenvalue weighted by Crippen LogP contribution is 2.14. The van der Waals surface area contributed by atoms with Gasteiger partial charge in [-0.05, 0) is 12.0 Å². The smallest absolute Gasteiger partial charge is 0.466 e. The molecule has 98 valence electrons. The average Bonchev–Trinajstić information content (AvgIpc) is 2.37. The molecule has 0 aliphatic heterocycles. The van der Waals surface area contributed by atoms with Crippen molar-refractivity contribution in [3.8, 4) is 0 Å². The lowest BCUT2D eigenvalue weighted by atomic mass is 10.5. The molecule has 0 heterocycles. The van der Waals surface area contributed by atoms with Crippen molar-refractivity contribution in [3.05, 3.63) is 10.4 Å². The van der Waals surface area contributed by atoms with Crippen molar-refractivity contribution in [2.45, 2.75) is 12.5 Å². The van der Waals surface area contributed by atoms with Crippen LogP contribution >= 0.6 is 0 Å². The first-order valence-electron chi connectivity index (χ1n) is 4.96. The molecule has 0 rings (SSSR count). The Morgan fingerprint density at radius 2 is 1.88 bits per heavy atom. The van der Waals surface area contributed by atoms with E-state index in [1.807, 2.05) is 0 Å². The van der Waals surface area contributed by atoms with Crippen LogP contribution in [-0.4, -0.2) is 49.3 Å². The third-order valence-corrected chi connectivity index (χ3v) is 4.92. The number of nitrogens with zero attached hydrogens (tertiary/aromatic N) is 3. The van der Waals surface area contributed by atoms with E-state index in [9.17, 15) is 4.79 Å². The normalized spacial score (nSPS) is 10.8. The summed E-state index contributed by atoms with van der Waals surface area (Å²) in [6.07, 6.45) is 0.559. The Morgan fingerprint density at radius 1 is 1.29 bits per heavy atom. The Labute approximate surface area is 101 Å². The van der Waals surface area contributed by atoms with Crippen LogP contribution in [0.1, 0.15) is 6.42 Å². The fourth-order valence-electron chi connectivity index (χ4n) is 1.17. The van der Waals surface area contributed by atoms with Crippen LogP contribution in [0.5, 0.6) is 0 Å². The lowest BCUT2D eigenvalue weighted by molar-refractivity contribution is -0.141. The maximum absolute atomic E-state index is 11.0. The molecule has 0 bridgehead atoms. The zero-order valence-electron chi connectivity index (χ0n) is 10.2. The Hall–Kier alpha value is -1.12. The van der Waals surface area contributed by atoms with Crippen molar-refractivity contribution in [2.24, 2.45) is 5.11 Å². The zero-order chi connectivity index (χ0) is 13.1. The van der Waals surface area contributed by atoms with E-state index in [1.54, 1.807) is 0 Å². The summed E-state index contributed by atoms with van der Waals surface area (Å²) < 4.78 is 20.4. The van der Waals surface area contributed by atoms with E-state index in [-0.39, 0.29) is 13.2 Å². The summed E-state index contributed by atoms with van der Waals surface area (Å²) in [5, 5.41) is 3.09. The molecule has 0 fully saturated rings. The summed E-state index contributed by atoms with van der Waals surface area (Å²) >= 11 is 0. The highest BCUT2D eigenvalue weighted by atomic mass is 28.4. The summed E-state index contributed by atoms with van der Waals surface area (Å²) in [5.74, 6) is -0.553. The van der Waals surface area contributed by atoms with Crippen molar-refractivity contribution in [3.63, 3.8) is 0 Å². The van der Waals surface area contributed by atoms with Crippen LogP contribution in [0.4, 0.5) is 0 Å². The van der Waals surface area contributed by atoms with Gasteiger partial charge in [0.2, 0.25) is 0 Å². The quantitative estimate of drug-likeness (QED) is 0.155. The Bertz CT molecular complexity index is 270. The van der Waals surface area contributed by atoms with Gasteiger partial charge in [0.15, 0.2) is 0 Å². The maximum atomic E-state index is 11.0. The van der Waals surface area contributed by atoms with Crippen LogP contribution < -0.4 is 0 Å².